The minimum atomic E-state index is -0.188. The minimum absolute atomic E-state index is 0.124. The summed E-state index contributed by atoms with van der Waals surface area (Å²) >= 11 is 0. The molecule has 1 N–H and O–H groups in total. The second kappa shape index (κ2) is 6.53. The lowest BCUT2D eigenvalue weighted by atomic mass is 10.1. The maximum atomic E-state index is 13.2. The molecule has 0 heterocycles. The van der Waals surface area contributed by atoms with Crippen LogP contribution >= 0.6 is 0 Å². The van der Waals surface area contributed by atoms with Crippen LogP contribution in [0.1, 0.15) is 24.1 Å². The number of rotatable bonds is 5. The molecule has 0 aliphatic carbocycles. The van der Waals surface area contributed by atoms with Crippen molar-refractivity contribution < 1.29 is 4.39 Å². The van der Waals surface area contributed by atoms with Crippen LogP contribution in [0.15, 0.2) is 48.5 Å². The molecule has 0 saturated carbocycles. The first-order valence-corrected chi connectivity index (χ1v) is 6.81. The first-order chi connectivity index (χ1) is 9.56. The van der Waals surface area contributed by atoms with E-state index in [0.717, 1.165) is 12.1 Å². The van der Waals surface area contributed by atoms with E-state index in [1.165, 1.54) is 17.3 Å². The smallest absolute Gasteiger partial charge is 0.123 e. The van der Waals surface area contributed by atoms with Gasteiger partial charge in [0.2, 0.25) is 0 Å². The zero-order chi connectivity index (χ0) is 14.5. The molecule has 0 amide bonds. The van der Waals surface area contributed by atoms with Crippen molar-refractivity contribution in [3.63, 3.8) is 0 Å². The lowest BCUT2D eigenvalue weighted by Gasteiger charge is -2.16. The van der Waals surface area contributed by atoms with E-state index in [9.17, 15) is 4.39 Å². The SMILES string of the molecule is CC(NCc1ccc(N(C)C)cc1)c1cccc(F)c1. The molecule has 0 fully saturated rings. The monoisotopic (exact) mass is 272 g/mol. The normalized spacial score (nSPS) is 12.2. The number of hydrogen-bond acceptors (Lipinski definition) is 2. The molecule has 106 valence electrons. The Hall–Kier alpha value is -1.87. The van der Waals surface area contributed by atoms with Crippen LogP contribution in [0.4, 0.5) is 10.1 Å². The van der Waals surface area contributed by atoms with Gasteiger partial charge in [0.25, 0.3) is 0 Å². The molecule has 0 bridgehead atoms. The molecular weight excluding hydrogens is 251 g/mol. The third-order valence-electron chi connectivity index (χ3n) is 3.41. The zero-order valence-corrected chi connectivity index (χ0v) is 12.2. The molecule has 2 aromatic rings. The van der Waals surface area contributed by atoms with E-state index in [1.807, 2.05) is 27.1 Å². The van der Waals surface area contributed by atoms with Gasteiger partial charge in [-0.1, -0.05) is 24.3 Å². The van der Waals surface area contributed by atoms with E-state index in [2.05, 4.69) is 34.5 Å². The van der Waals surface area contributed by atoms with Crippen LogP contribution in [0.25, 0.3) is 0 Å². The topological polar surface area (TPSA) is 15.3 Å². The van der Waals surface area contributed by atoms with Crippen LogP contribution in [0.5, 0.6) is 0 Å². The highest BCUT2D eigenvalue weighted by atomic mass is 19.1. The predicted molar refractivity (Wildman–Crippen MR) is 82.4 cm³/mol. The van der Waals surface area contributed by atoms with E-state index >= 15 is 0 Å². The van der Waals surface area contributed by atoms with E-state index in [-0.39, 0.29) is 11.9 Å². The minimum Gasteiger partial charge on any atom is -0.378 e. The summed E-state index contributed by atoms with van der Waals surface area (Å²) in [6.07, 6.45) is 0. The molecular formula is C17H21FN2. The number of nitrogens with one attached hydrogen (secondary N) is 1. The quantitative estimate of drug-likeness (QED) is 0.892. The third kappa shape index (κ3) is 3.81. The summed E-state index contributed by atoms with van der Waals surface area (Å²) < 4.78 is 13.2. The number of anilines is 1. The fraction of sp³-hybridized carbons (Fsp3) is 0.294. The van der Waals surface area contributed by atoms with Crippen LogP contribution in [0.3, 0.4) is 0 Å². The molecule has 0 aliphatic rings. The summed E-state index contributed by atoms with van der Waals surface area (Å²) in [7, 11) is 4.05. The molecule has 3 heteroatoms. The highest BCUT2D eigenvalue weighted by Gasteiger charge is 2.05. The molecule has 20 heavy (non-hydrogen) atoms. The Balaban J connectivity index is 1.94. The van der Waals surface area contributed by atoms with Crippen molar-refractivity contribution in [2.24, 2.45) is 0 Å². The number of nitrogens with zero attached hydrogens (tertiary/aromatic N) is 1. The second-order valence-corrected chi connectivity index (χ2v) is 5.22. The first kappa shape index (κ1) is 14.5. The number of hydrogen-bond donors (Lipinski definition) is 1. The molecule has 2 nitrogen and oxygen atoms in total. The maximum absolute atomic E-state index is 13.2. The van der Waals surface area contributed by atoms with E-state index in [0.29, 0.717) is 0 Å². The first-order valence-electron chi connectivity index (χ1n) is 6.81. The Morgan fingerprint density at radius 1 is 1.10 bits per heavy atom. The largest absolute Gasteiger partial charge is 0.378 e. The van der Waals surface area contributed by atoms with Gasteiger partial charge in [0.15, 0.2) is 0 Å². The molecule has 1 atom stereocenters. The zero-order valence-electron chi connectivity index (χ0n) is 12.2. The van der Waals surface area contributed by atoms with Crippen molar-refractivity contribution in [3.8, 4) is 0 Å². The molecule has 2 aromatic carbocycles. The van der Waals surface area contributed by atoms with Gasteiger partial charge in [-0.2, -0.15) is 0 Å². The van der Waals surface area contributed by atoms with Crippen LogP contribution in [-0.2, 0) is 6.54 Å². The van der Waals surface area contributed by atoms with E-state index in [4.69, 9.17) is 0 Å². The van der Waals surface area contributed by atoms with Crippen molar-refractivity contribution in [3.05, 3.63) is 65.5 Å². The van der Waals surface area contributed by atoms with Crippen molar-refractivity contribution in [2.45, 2.75) is 19.5 Å². The van der Waals surface area contributed by atoms with Gasteiger partial charge >= 0.3 is 0 Å². The van der Waals surface area contributed by atoms with Crippen molar-refractivity contribution in [1.29, 1.82) is 0 Å². The lowest BCUT2D eigenvalue weighted by Crippen LogP contribution is -2.18. The summed E-state index contributed by atoms with van der Waals surface area (Å²) in [6, 6.07) is 15.3. The standard InChI is InChI=1S/C17H21FN2/c1-13(15-5-4-6-16(18)11-15)19-12-14-7-9-17(10-8-14)20(2)3/h4-11,13,19H,12H2,1-3H3. The Labute approximate surface area is 120 Å². The van der Waals surface area contributed by atoms with Gasteiger partial charge < -0.3 is 10.2 Å². The van der Waals surface area contributed by atoms with Crippen molar-refractivity contribution in [1.82, 2.24) is 5.32 Å². The van der Waals surface area contributed by atoms with E-state index in [1.54, 1.807) is 12.1 Å². The predicted octanol–water partition coefficient (Wildman–Crippen LogP) is 3.74. The van der Waals surface area contributed by atoms with Gasteiger partial charge in [-0.15, -0.1) is 0 Å². The van der Waals surface area contributed by atoms with Crippen LogP contribution in [0, 0.1) is 5.82 Å². The fourth-order valence-corrected chi connectivity index (χ4v) is 2.08. The average Bonchev–Trinajstić information content (AvgIpc) is 2.45. The Kier molecular flexibility index (Phi) is 4.74. The van der Waals surface area contributed by atoms with Gasteiger partial charge in [-0.05, 0) is 42.3 Å². The lowest BCUT2D eigenvalue weighted by molar-refractivity contribution is 0.565. The Bertz CT molecular complexity index is 549. The molecule has 2 rings (SSSR count). The maximum Gasteiger partial charge on any atom is 0.123 e. The summed E-state index contributed by atoms with van der Waals surface area (Å²) in [6.45, 7) is 2.81. The highest BCUT2D eigenvalue weighted by Crippen LogP contribution is 2.16. The van der Waals surface area contributed by atoms with Gasteiger partial charge in [0.1, 0.15) is 5.82 Å². The summed E-state index contributed by atoms with van der Waals surface area (Å²) in [5.41, 5.74) is 3.38. The summed E-state index contributed by atoms with van der Waals surface area (Å²) in [5.74, 6) is -0.188. The molecule has 0 aromatic heterocycles. The molecule has 0 saturated heterocycles. The summed E-state index contributed by atoms with van der Waals surface area (Å²) in [4.78, 5) is 2.08. The van der Waals surface area contributed by atoms with Gasteiger partial charge in [0.05, 0.1) is 0 Å². The summed E-state index contributed by atoms with van der Waals surface area (Å²) in [5, 5.41) is 3.41. The van der Waals surface area contributed by atoms with E-state index < -0.39 is 0 Å². The average molecular weight is 272 g/mol. The second-order valence-electron chi connectivity index (χ2n) is 5.22. The molecule has 0 radical (unpaired) electrons. The van der Waals surface area contributed by atoms with Gasteiger partial charge in [-0.25, -0.2) is 4.39 Å². The Morgan fingerprint density at radius 3 is 2.40 bits per heavy atom. The van der Waals surface area contributed by atoms with Crippen LogP contribution in [-0.4, -0.2) is 14.1 Å². The molecule has 1 unspecified atom stereocenters. The number of halogens is 1. The fourth-order valence-electron chi connectivity index (χ4n) is 2.08. The van der Waals surface area contributed by atoms with Crippen molar-refractivity contribution >= 4 is 5.69 Å². The highest BCUT2D eigenvalue weighted by molar-refractivity contribution is 5.45. The van der Waals surface area contributed by atoms with Crippen molar-refractivity contribution in [2.75, 3.05) is 19.0 Å². The van der Waals surface area contributed by atoms with Gasteiger partial charge in [0, 0.05) is 32.4 Å². The van der Waals surface area contributed by atoms with Crippen LogP contribution < -0.4 is 10.2 Å². The third-order valence-corrected chi connectivity index (χ3v) is 3.41. The van der Waals surface area contributed by atoms with Gasteiger partial charge in [-0.3, -0.25) is 0 Å². The molecule has 0 spiro atoms. The Morgan fingerprint density at radius 2 is 1.80 bits per heavy atom. The number of benzene rings is 2. The molecule has 0 aliphatic heterocycles. The van der Waals surface area contributed by atoms with Crippen LogP contribution in [0.2, 0.25) is 0 Å².